The molecule has 0 radical (unpaired) electrons. The average molecular weight is 255 g/mol. The van der Waals surface area contributed by atoms with Gasteiger partial charge in [0.2, 0.25) is 5.91 Å². The predicted molar refractivity (Wildman–Crippen MR) is 68.5 cm³/mol. The maximum atomic E-state index is 11.5. The summed E-state index contributed by atoms with van der Waals surface area (Å²) in [6.07, 6.45) is 0. The molecule has 5 N–H and O–H groups in total. The van der Waals surface area contributed by atoms with E-state index in [-0.39, 0.29) is 30.0 Å². The normalized spacial score (nSPS) is 10.4. The van der Waals surface area contributed by atoms with Crippen molar-refractivity contribution in [2.24, 2.45) is 7.05 Å². The third kappa shape index (κ3) is 3.12. The second-order valence-corrected chi connectivity index (χ2v) is 4.15. The van der Waals surface area contributed by atoms with Gasteiger partial charge >= 0.3 is 5.69 Å². The van der Waals surface area contributed by atoms with E-state index >= 15 is 0 Å². The van der Waals surface area contributed by atoms with Gasteiger partial charge < -0.3 is 16.4 Å². The minimum atomic E-state index is -0.645. The Morgan fingerprint density at radius 3 is 2.61 bits per heavy atom. The topological polar surface area (TPSA) is 122 Å². The fraction of sp³-hybridized carbons (Fsp3) is 0.500. The van der Waals surface area contributed by atoms with Crippen LogP contribution < -0.4 is 27.6 Å². The number of rotatable bonds is 4. The Labute approximate surface area is 103 Å². The molecule has 0 atom stereocenters. The van der Waals surface area contributed by atoms with Crippen molar-refractivity contribution in [3.63, 3.8) is 0 Å². The summed E-state index contributed by atoms with van der Waals surface area (Å²) in [5.74, 6) is -0.279. The predicted octanol–water partition coefficient (Wildman–Crippen LogP) is -1.41. The molecule has 1 aromatic heterocycles. The number of nitrogens with zero attached hydrogens (tertiary/aromatic N) is 1. The van der Waals surface area contributed by atoms with Crippen LogP contribution in [-0.2, 0) is 11.8 Å². The van der Waals surface area contributed by atoms with Gasteiger partial charge in [-0.05, 0) is 13.8 Å². The molecule has 0 aliphatic carbocycles. The number of aromatic nitrogens is 2. The number of nitrogens with two attached hydrogens (primary N) is 1. The lowest BCUT2D eigenvalue weighted by atomic mass is 10.4. The zero-order chi connectivity index (χ0) is 13.9. The fourth-order valence-electron chi connectivity index (χ4n) is 1.35. The van der Waals surface area contributed by atoms with Crippen LogP contribution in [0.2, 0.25) is 0 Å². The molecule has 1 aromatic rings. The lowest BCUT2D eigenvalue weighted by molar-refractivity contribution is -0.119. The van der Waals surface area contributed by atoms with Crippen molar-refractivity contribution in [2.75, 3.05) is 17.6 Å². The van der Waals surface area contributed by atoms with E-state index in [1.54, 1.807) is 0 Å². The molecule has 1 amide bonds. The van der Waals surface area contributed by atoms with Crippen LogP contribution in [-0.4, -0.2) is 28.0 Å². The maximum absolute atomic E-state index is 11.5. The van der Waals surface area contributed by atoms with Gasteiger partial charge in [-0.1, -0.05) is 0 Å². The molecule has 1 heterocycles. The lowest BCUT2D eigenvalue weighted by Crippen LogP contribution is -2.37. The van der Waals surface area contributed by atoms with Gasteiger partial charge in [0.1, 0.15) is 11.5 Å². The summed E-state index contributed by atoms with van der Waals surface area (Å²) < 4.78 is 1.09. The van der Waals surface area contributed by atoms with Crippen LogP contribution in [0.25, 0.3) is 0 Å². The van der Waals surface area contributed by atoms with Crippen molar-refractivity contribution in [1.29, 1.82) is 0 Å². The van der Waals surface area contributed by atoms with Crippen molar-refractivity contribution in [2.45, 2.75) is 19.9 Å². The smallest absolute Gasteiger partial charge is 0.329 e. The zero-order valence-electron chi connectivity index (χ0n) is 10.5. The molecule has 0 spiro atoms. The van der Waals surface area contributed by atoms with Crippen LogP contribution in [0, 0.1) is 0 Å². The first kappa shape index (κ1) is 13.8. The first-order valence-electron chi connectivity index (χ1n) is 5.45. The number of H-pyrrole nitrogens is 1. The van der Waals surface area contributed by atoms with Crippen molar-refractivity contribution in [3.8, 4) is 0 Å². The first-order chi connectivity index (χ1) is 8.32. The minimum absolute atomic E-state index is 0.00932. The Balaban J connectivity index is 2.87. The molecule has 0 aliphatic rings. The number of anilines is 2. The summed E-state index contributed by atoms with van der Waals surface area (Å²) in [7, 11) is 1.42. The number of hydrogen-bond donors (Lipinski definition) is 4. The number of carbonyl (C=O) groups is 1. The third-order valence-electron chi connectivity index (χ3n) is 2.25. The summed E-state index contributed by atoms with van der Waals surface area (Å²) in [5, 5.41) is 5.27. The molecule has 0 bridgehead atoms. The van der Waals surface area contributed by atoms with Crippen LogP contribution in [0.5, 0.6) is 0 Å². The van der Waals surface area contributed by atoms with Gasteiger partial charge in [-0.25, -0.2) is 4.79 Å². The second-order valence-electron chi connectivity index (χ2n) is 4.15. The van der Waals surface area contributed by atoms with E-state index in [2.05, 4.69) is 15.6 Å². The van der Waals surface area contributed by atoms with Crippen molar-refractivity contribution in [3.05, 3.63) is 20.8 Å². The quantitative estimate of drug-likeness (QED) is 0.526. The summed E-state index contributed by atoms with van der Waals surface area (Å²) in [5.41, 5.74) is 4.38. The largest absolute Gasteiger partial charge is 0.383 e. The molecular weight excluding hydrogens is 238 g/mol. The summed E-state index contributed by atoms with van der Waals surface area (Å²) >= 11 is 0. The molecule has 0 saturated heterocycles. The van der Waals surface area contributed by atoms with E-state index in [1.807, 2.05) is 13.8 Å². The zero-order valence-corrected chi connectivity index (χ0v) is 10.5. The fourth-order valence-corrected chi connectivity index (χ4v) is 1.35. The van der Waals surface area contributed by atoms with Crippen LogP contribution in [0.4, 0.5) is 11.5 Å². The molecule has 0 unspecified atom stereocenters. The Hall–Kier alpha value is -2.25. The van der Waals surface area contributed by atoms with Gasteiger partial charge in [0.25, 0.3) is 5.56 Å². The van der Waals surface area contributed by atoms with Crippen LogP contribution in [0.15, 0.2) is 9.59 Å². The van der Waals surface area contributed by atoms with Crippen molar-refractivity contribution < 1.29 is 4.79 Å². The standard InChI is InChI=1S/C10H17N5O3/c1-5(2)13-6(16)4-12-7-8(11)15(3)10(18)14-9(7)17/h5,12H,4,11H2,1-3H3,(H,13,16)(H,14,17,18). The van der Waals surface area contributed by atoms with Gasteiger partial charge in [-0.15, -0.1) is 0 Å². The minimum Gasteiger partial charge on any atom is -0.383 e. The molecule has 18 heavy (non-hydrogen) atoms. The van der Waals surface area contributed by atoms with Crippen LogP contribution in [0.3, 0.4) is 0 Å². The number of aromatic amines is 1. The van der Waals surface area contributed by atoms with E-state index in [1.165, 1.54) is 7.05 Å². The molecular formula is C10H17N5O3. The molecule has 0 aromatic carbocycles. The highest BCUT2D eigenvalue weighted by Gasteiger charge is 2.11. The van der Waals surface area contributed by atoms with Gasteiger partial charge in [0.05, 0.1) is 6.54 Å². The van der Waals surface area contributed by atoms with Crippen molar-refractivity contribution in [1.82, 2.24) is 14.9 Å². The highest BCUT2D eigenvalue weighted by atomic mass is 16.2. The van der Waals surface area contributed by atoms with E-state index in [0.717, 1.165) is 4.57 Å². The van der Waals surface area contributed by atoms with Crippen LogP contribution >= 0.6 is 0 Å². The van der Waals surface area contributed by atoms with E-state index in [9.17, 15) is 14.4 Å². The molecule has 100 valence electrons. The van der Waals surface area contributed by atoms with Gasteiger partial charge in [0, 0.05) is 13.1 Å². The monoisotopic (exact) mass is 255 g/mol. The number of amides is 1. The molecule has 8 nitrogen and oxygen atoms in total. The number of hydrogen-bond acceptors (Lipinski definition) is 5. The van der Waals surface area contributed by atoms with Crippen molar-refractivity contribution >= 4 is 17.4 Å². The second kappa shape index (κ2) is 5.39. The van der Waals surface area contributed by atoms with Gasteiger partial charge in [0.15, 0.2) is 0 Å². The SMILES string of the molecule is CC(C)NC(=O)CNc1c(N)n(C)c(=O)[nH]c1=O. The molecule has 8 heteroatoms. The summed E-state index contributed by atoms with van der Waals surface area (Å²) in [4.78, 5) is 36.2. The number of carbonyl (C=O) groups excluding carboxylic acids is 1. The Morgan fingerprint density at radius 2 is 2.06 bits per heavy atom. The Bertz CT molecular complexity index is 558. The van der Waals surface area contributed by atoms with Crippen LogP contribution in [0.1, 0.15) is 13.8 Å². The molecule has 0 fully saturated rings. The molecule has 0 aliphatic heterocycles. The summed E-state index contributed by atoms with van der Waals surface area (Å²) in [6, 6.07) is 0.00932. The lowest BCUT2D eigenvalue weighted by Gasteiger charge is -2.12. The van der Waals surface area contributed by atoms with E-state index < -0.39 is 11.2 Å². The maximum Gasteiger partial charge on any atom is 0.329 e. The first-order valence-corrected chi connectivity index (χ1v) is 5.45. The highest BCUT2D eigenvalue weighted by Crippen LogP contribution is 2.07. The third-order valence-corrected chi connectivity index (χ3v) is 2.25. The van der Waals surface area contributed by atoms with E-state index in [4.69, 9.17) is 5.73 Å². The Morgan fingerprint density at radius 1 is 1.44 bits per heavy atom. The molecule has 1 rings (SSSR count). The average Bonchev–Trinajstić information content (AvgIpc) is 2.25. The van der Waals surface area contributed by atoms with Gasteiger partial charge in [-0.2, -0.15) is 0 Å². The number of nitrogen functional groups attached to an aromatic ring is 1. The van der Waals surface area contributed by atoms with E-state index in [0.29, 0.717) is 0 Å². The molecule has 0 saturated carbocycles. The number of nitrogens with one attached hydrogen (secondary N) is 3. The van der Waals surface area contributed by atoms with Gasteiger partial charge in [-0.3, -0.25) is 19.1 Å². The highest BCUT2D eigenvalue weighted by molar-refractivity contribution is 5.81. The Kier molecular flexibility index (Phi) is 4.13. The summed E-state index contributed by atoms with van der Waals surface area (Å²) in [6.45, 7) is 3.56.